The Morgan fingerprint density at radius 2 is 2.00 bits per heavy atom. The molecule has 2 aliphatic rings. The highest BCUT2D eigenvalue weighted by Crippen LogP contribution is 2.21. The van der Waals surface area contributed by atoms with Gasteiger partial charge >= 0.3 is 0 Å². The quantitative estimate of drug-likeness (QED) is 0.774. The molecule has 0 spiro atoms. The van der Waals surface area contributed by atoms with E-state index >= 15 is 0 Å². The molecule has 0 N–H and O–H groups in total. The average Bonchev–Trinajstić information content (AvgIpc) is 2.79. The Labute approximate surface area is 153 Å². The van der Waals surface area contributed by atoms with E-state index < -0.39 is 6.04 Å². The number of hydrogen-bond donors (Lipinski definition) is 0. The first-order valence-corrected chi connectivity index (χ1v) is 9.16. The van der Waals surface area contributed by atoms with Gasteiger partial charge in [0.25, 0.3) is 5.91 Å². The highest BCUT2D eigenvalue weighted by Gasteiger charge is 2.41. The van der Waals surface area contributed by atoms with Gasteiger partial charge in [0, 0.05) is 38.9 Å². The summed E-state index contributed by atoms with van der Waals surface area (Å²) in [4.78, 5) is 43.1. The molecule has 0 aromatic carbocycles. The average molecular weight is 361 g/mol. The molecule has 0 radical (unpaired) electrons. The summed E-state index contributed by atoms with van der Waals surface area (Å²) in [6.07, 6.45) is 0.469. The van der Waals surface area contributed by atoms with E-state index in [0.717, 1.165) is 5.69 Å². The minimum absolute atomic E-state index is 0.00118. The third-order valence-corrected chi connectivity index (χ3v) is 5.11. The molecule has 0 aliphatic carbocycles. The molecule has 8 nitrogen and oxygen atoms in total. The molecule has 8 heteroatoms. The summed E-state index contributed by atoms with van der Waals surface area (Å²) in [5.74, 6) is 0.140. The van der Waals surface area contributed by atoms with Crippen molar-refractivity contribution in [3.8, 4) is 0 Å². The Morgan fingerprint density at radius 1 is 1.27 bits per heavy atom. The van der Waals surface area contributed by atoms with Gasteiger partial charge in [-0.1, -0.05) is 13.8 Å². The van der Waals surface area contributed by atoms with E-state index in [1.807, 2.05) is 20.8 Å². The minimum atomic E-state index is -0.460. The minimum Gasteiger partial charge on any atom is -0.335 e. The number of carbonyl (C=O) groups excluding carboxylic acids is 3. The molecular weight excluding hydrogens is 334 g/mol. The molecule has 1 atom stereocenters. The van der Waals surface area contributed by atoms with E-state index in [0.29, 0.717) is 44.2 Å². The van der Waals surface area contributed by atoms with Crippen molar-refractivity contribution >= 4 is 17.7 Å². The molecule has 0 bridgehead atoms. The van der Waals surface area contributed by atoms with Crippen molar-refractivity contribution in [2.75, 3.05) is 32.7 Å². The highest BCUT2D eigenvalue weighted by molar-refractivity contribution is 5.96. The van der Waals surface area contributed by atoms with Crippen molar-refractivity contribution in [1.29, 1.82) is 0 Å². The zero-order chi connectivity index (χ0) is 19.0. The summed E-state index contributed by atoms with van der Waals surface area (Å²) in [5, 5.41) is 4.25. The maximum absolute atomic E-state index is 12.8. The van der Waals surface area contributed by atoms with Crippen molar-refractivity contribution in [1.82, 2.24) is 24.5 Å². The molecule has 2 aliphatic heterocycles. The maximum atomic E-state index is 12.8. The molecule has 1 aromatic rings. The Hall–Kier alpha value is -2.38. The van der Waals surface area contributed by atoms with Gasteiger partial charge in [-0.3, -0.25) is 19.1 Å². The van der Waals surface area contributed by atoms with Crippen LogP contribution in [0.3, 0.4) is 0 Å². The molecule has 0 saturated carbocycles. The number of aryl methyl sites for hydroxylation is 2. The van der Waals surface area contributed by atoms with Gasteiger partial charge in [-0.05, 0) is 25.3 Å². The van der Waals surface area contributed by atoms with Gasteiger partial charge in [-0.25, -0.2) is 0 Å². The first-order valence-electron chi connectivity index (χ1n) is 9.16. The van der Waals surface area contributed by atoms with E-state index in [1.165, 1.54) is 0 Å². The number of hydrogen-bond acceptors (Lipinski definition) is 4. The van der Waals surface area contributed by atoms with E-state index in [-0.39, 0.29) is 24.3 Å². The summed E-state index contributed by atoms with van der Waals surface area (Å²) in [5.41, 5.74) is 1.32. The fraction of sp³-hybridized carbons (Fsp3) is 0.667. The van der Waals surface area contributed by atoms with Crippen LogP contribution in [-0.4, -0.2) is 81.0 Å². The van der Waals surface area contributed by atoms with Crippen LogP contribution in [0.2, 0.25) is 0 Å². The van der Waals surface area contributed by atoms with Crippen LogP contribution in [-0.2, 0) is 16.6 Å². The molecule has 26 heavy (non-hydrogen) atoms. The summed E-state index contributed by atoms with van der Waals surface area (Å²) >= 11 is 0. The van der Waals surface area contributed by atoms with Gasteiger partial charge in [0.15, 0.2) is 5.69 Å². The van der Waals surface area contributed by atoms with Crippen LogP contribution in [0.25, 0.3) is 0 Å². The van der Waals surface area contributed by atoms with Gasteiger partial charge in [0.1, 0.15) is 6.04 Å². The normalized spacial score (nSPS) is 21.3. The second-order valence-electron chi connectivity index (χ2n) is 7.59. The standard InChI is InChI=1S/C18H27N5O3/c1-12(2)10-22-11-16(24)23-8-7-21(6-5-15(23)18(22)26)17(25)14-9-13(3)20(4)19-14/h9,12,15H,5-8,10-11H2,1-4H3. The number of piperazine rings is 1. The molecule has 2 saturated heterocycles. The van der Waals surface area contributed by atoms with E-state index in [2.05, 4.69) is 5.10 Å². The molecule has 2 fully saturated rings. The lowest BCUT2D eigenvalue weighted by molar-refractivity contribution is -0.156. The number of carbonyl (C=O) groups is 3. The molecular formula is C18H27N5O3. The van der Waals surface area contributed by atoms with E-state index in [1.54, 1.807) is 32.5 Å². The van der Waals surface area contributed by atoms with Crippen LogP contribution < -0.4 is 0 Å². The number of aromatic nitrogens is 2. The molecule has 3 heterocycles. The number of nitrogens with zero attached hydrogens (tertiary/aromatic N) is 5. The van der Waals surface area contributed by atoms with Gasteiger partial charge in [0.05, 0.1) is 6.54 Å². The van der Waals surface area contributed by atoms with Crippen molar-refractivity contribution in [2.45, 2.75) is 33.2 Å². The zero-order valence-corrected chi connectivity index (χ0v) is 15.9. The Morgan fingerprint density at radius 3 is 2.62 bits per heavy atom. The molecule has 3 amide bonds. The van der Waals surface area contributed by atoms with Crippen molar-refractivity contribution < 1.29 is 14.4 Å². The van der Waals surface area contributed by atoms with Crippen LogP contribution in [0, 0.1) is 12.8 Å². The van der Waals surface area contributed by atoms with E-state index in [9.17, 15) is 14.4 Å². The number of rotatable bonds is 3. The largest absolute Gasteiger partial charge is 0.335 e. The van der Waals surface area contributed by atoms with Crippen molar-refractivity contribution in [3.63, 3.8) is 0 Å². The van der Waals surface area contributed by atoms with E-state index in [4.69, 9.17) is 0 Å². The smallest absolute Gasteiger partial charge is 0.274 e. The number of fused-ring (bicyclic) bond motifs is 1. The Kier molecular flexibility index (Phi) is 5.02. The number of amides is 3. The zero-order valence-electron chi connectivity index (χ0n) is 15.9. The lowest BCUT2D eigenvalue weighted by atomic mass is 10.1. The summed E-state index contributed by atoms with van der Waals surface area (Å²) < 4.78 is 1.67. The first-order chi connectivity index (χ1) is 12.3. The van der Waals surface area contributed by atoms with Gasteiger partial charge < -0.3 is 14.7 Å². The molecule has 3 rings (SSSR count). The summed E-state index contributed by atoms with van der Waals surface area (Å²) in [6.45, 7) is 7.96. The molecule has 142 valence electrons. The monoisotopic (exact) mass is 361 g/mol. The van der Waals surface area contributed by atoms with Gasteiger partial charge in [-0.15, -0.1) is 0 Å². The van der Waals surface area contributed by atoms with Gasteiger partial charge in [-0.2, -0.15) is 5.10 Å². The van der Waals surface area contributed by atoms with Crippen molar-refractivity contribution in [3.05, 3.63) is 17.5 Å². The van der Waals surface area contributed by atoms with Crippen LogP contribution in [0.5, 0.6) is 0 Å². The second-order valence-corrected chi connectivity index (χ2v) is 7.59. The topological polar surface area (TPSA) is 78.8 Å². The first kappa shape index (κ1) is 18.4. The predicted octanol–water partition coefficient (Wildman–Crippen LogP) is 0.270. The lowest BCUT2D eigenvalue weighted by Crippen LogP contribution is -2.60. The van der Waals surface area contributed by atoms with Crippen LogP contribution in [0.1, 0.15) is 36.5 Å². The maximum Gasteiger partial charge on any atom is 0.274 e. The Bertz CT molecular complexity index is 707. The fourth-order valence-corrected chi connectivity index (χ4v) is 3.65. The van der Waals surface area contributed by atoms with Crippen LogP contribution >= 0.6 is 0 Å². The summed E-state index contributed by atoms with van der Waals surface area (Å²) in [6, 6.07) is 1.31. The fourth-order valence-electron chi connectivity index (χ4n) is 3.65. The SMILES string of the molecule is Cc1cc(C(=O)N2CCC3C(=O)N(CC(C)C)CC(=O)N3CC2)nn1C. The second kappa shape index (κ2) is 7.09. The van der Waals surface area contributed by atoms with Gasteiger partial charge in [0.2, 0.25) is 11.8 Å². The molecule has 1 unspecified atom stereocenters. The lowest BCUT2D eigenvalue weighted by Gasteiger charge is -2.39. The Balaban J connectivity index is 1.73. The van der Waals surface area contributed by atoms with Crippen LogP contribution in [0.4, 0.5) is 0 Å². The molecule has 1 aromatic heterocycles. The van der Waals surface area contributed by atoms with Crippen LogP contribution in [0.15, 0.2) is 6.07 Å². The van der Waals surface area contributed by atoms with Crippen molar-refractivity contribution in [2.24, 2.45) is 13.0 Å². The third kappa shape index (κ3) is 3.45. The summed E-state index contributed by atoms with van der Waals surface area (Å²) in [7, 11) is 1.80. The third-order valence-electron chi connectivity index (χ3n) is 5.11. The highest BCUT2D eigenvalue weighted by atomic mass is 16.2. The predicted molar refractivity (Wildman–Crippen MR) is 95.4 cm³/mol.